The summed E-state index contributed by atoms with van der Waals surface area (Å²) in [6.45, 7) is 0. The Hall–Kier alpha value is 1.18. The first kappa shape index (κ1) is 22.5. The summed E-state index contributed by atoms with van der Waals surface area (Å²) in [5.74, 6) is 0. The Morgan fingerprint density at radius 1 is 0.842 bits per heavy atom. The zero-order valence-electron chi connectivity index (χ0n) is 13.2. The molecule has 0 aliphatic heterocycles. The monoisotopic (exact) mass is 549 g/mol. The third-order valence-electron chi connectivity index (χ3n) is 2.08. The van der Waals surface area contributed by atoms with Crippen LogP contribution < -0.4 is 3.58 Å². The van der Waals surface area contributed by atoms with Gasteiger partial charge in [0.1, 0.15) is 0 Å². The number of hydrogen-bond donors (Lipinski definition) is 0. The van der Waals surface area contributed by atoms with E-state index < -0.39 is 38.1 Å². The van der Waals surface area contributed by atoms with Crippen molar-refractivity contribution in [2.24, 2.45) is 0 Å². The maximum Gasteiger partial charge on any atom is 2.00 e. The van der Waals surface area contributed by atoms with Gasteiger partial charge in [-0.25, -0.2) is 12.1 Å². The van der Waals surface area contributed by atoms with Crippen LogP contribution in [0.2, 0.25) is 29.6 Å². The Labute approximate surface area is 150 Å². The quantitative estimate of drug-likeness (QED) is 0.358. The van der Waals surface area contributed by atoms with Crippen molar-refractivity contribution in [3.05, 3.63) is 54.6 Å². The van der Waals surface area contributed by atoms with E-state index in [1.807, 2.05) is 30.3 Å². The maximum absolute atomic E-state index is 2.43. The second-order valence-electron chi connectivity index (χ2n) is 5.89. The molecule has 0 aliphatic carbocycles. The summed E-state index contributed by atoms with van der Waals surface area (Å²) in [4.78, 5) is 14.4. The molecular weight excluding hydrogens is 521 g/mol. The van der Waals surface area contributed by atoms with Crippen LogP contribution in [0.5, 0.6) is 0 Å². The summed E-state index contributed by atoms with van der Waals surface area (Å²) in [6, 6.07) is 18.8. The summed E-state index contributed by atoms with van der Waals surface area (Å²) in [6.07, 6.45) is 0. The Bertz CT molecular complexity index is 336. The van der Waals surface area contributed by atoms with Gasteiger partial charge in [0.05, 0.1) is 0 Å². The molecule has 2 rings (SSSR count). The normalized spacial score (nSPS) is 9.63. The van der Waals surface area contributed by atoms with E-state index in [0.29, 0.717) is 0 Å². The van der Waals surface area contributed by atoms with E-state index in [-0.39, 0.29) is 26.2 Å². The van der Waals surface area contributed by atoms with E-state index in [2.05, 4.69) is 53.9 Å². The Morgan fingerprint density at radius 2 is 1.21 bits per heavy atom. The topological polar surface area (TPSA) is 0 Å². The van der Waals surface area contributed by atoms with Gasteiger partial charge < -0.3 is 0 Å². The first-order chi connectivity index (χ1) is 8.34. The second-order valence-corrected chi connectivity index (χ2v) is 28.9. The van der Waals surface area contributed by atoms with Crippen LogP contribution in [0.1, 0.15) is 0 Å². The molecule has 103 valence electrons. The predicted molar refractivity (Wildman–Crippen MR) is 90.4 cm³/mol. The van der Waals surface area contributed by atoms with Gasteiger partial charge >= 0.3 is 122 Å². The maximum atomic E-state index is 2.43. The van der Waals surface area contributed by atoms with Gasteiger partial charge in [0, 0.05) is 0 Å². The van der Waals surface area contributed by atoms with E-state index in [1.54, 1.807) is 3.58 Å². The van der Waals surface area contributed by atoms with E-state index in [0.717, 1.165) is 0 Å². The molecule has 0 aromatic heterocycles. The van der Waals surface area contributed by atoms with Crippen LogP contribution in [0, 0.1) is 0 Å². The molecule has 0 spiro atoms. The molecule has 0 N–H and O–H groups in total. The van der Waals surface area contributed by atoms with Crippen molar-refractivity contribution < 1.29 is 26.2 Å². The van der Waals surface area contributed by atoms with E-state index >= 15 is 0 Å². The SMILES string of the molecule is [CH3][Sn]([CH3])([CH3])[c-]1cccc1.[CH3][Sn]([CH3])[CH3].[Zr+2].c1cc[cH-]c1. The van der Waals surface area contributed by atoms with Gasteiger partial charge in [-0.2, -0.15) is 18.2 Å². The molecule has 2 aromatic carbocycles. The molecule has 0 saturated carbocycles. The van der Waals surface area contributed by atoms with Crippen molar-refractivity contribution >= 4 is 41.7 Å². The van der Waals surface area contributed by atoms with Crippen molar-refractivity contribution in [1.29, 1.82) is 0 Å². The van der Waals surface area contributed by atoms with Crippen LogP contribution in [-0.4, -0.2) is 38.1 Å². The molecule has 0 bridgehead atoms. The zero-order valence-corrected chi connectivity index (χ0v) is 21.4. The first-order valence-corrected chi connectivity index (χ1v) is 25.0. The molecule has 3 heteroatoms. The van der Waals surface area contributed by atoms with Crippen molar-refractivity contribution in [3.63, 3.8) is 0 Å². The average molecular weight is 548 g/mol. The van der Waals surface area contributed by atoms with Gasteiger partial charge in [0.15, 0.2) is 0 Å². The largest absolute Gasteiger partial charge is 2.00 e. The second kappa shape index (κ2) is 12.9. The van der Waals surface area contributed by atoms with E-state index in [9.17, 15) is 0 Å². The molecule has 0 atom stereocenters. The van der Waals surface area contributed by atoms with Gasteiger partial charge in [0.2, 0.25) is 0 Å². The number of hydrogen-bond acceptors (Lipinski definition) is 0. The van der Waals surface area contributed by atoms with Crippen LogP contribution in [-0.2, 0) is 26.2 Å². The van der Waals surface area contributed by atoms with Crippen LogP contribution in [0.4, 0.5) is 0 Å². The molecule has 0 heterocycles. The van der Waals surface area contributed by atoms with E-state index in [1.165, 1.54) is 0 Å². The molecule has 0 unspecified atom stereocenters. The van der Waals surface area contributed by atoms with Gasteiger partial charge in [-0.3, -0.25) is 0 Å². The van der Waals surface area contributed by atoms with Gasteiger partial charge in [0.25, 0.3) is 0 Å². The summed E-state index contributed by atoms with van der Waals surface area (Å²) >= 11 is -2.19. The van der Waals surface area contributed by atoms with Gasteiger partial charge in [-0.15, -0.1) is 0 Å². The van der Waals surface area contributed by atoms with Crippen LogP contribution in [0.15, 0.2) is 54.6 Å². The minimum Gasteiger partial charge on any atom is -0.214 e. The molecule has 1 radical (unpaired) electrons. The minimum absolute atomic E-state index is 0. The molecule has 0 saturated heterocycles. The fourth-order valence-corrected chi connectivity index (χ4v) is 4.60. The Balaban J connectivity index is 0. The van der Waals surface area contributed by atoms with Crippen LogP contribution >= 0.6 is 0 Å². The molecule has 2 aromatic rings. The fraction of sp³-hybridized carbons (Fsp3) is 0.375. The summed E-state index contributed by atoms with van der Waals surface area (Å²) in [7, 11) is 0. The molecule has 19 heavy (non-hydrogen) atoms. The smallest absolute Gasteiger partial charge is 0.214 e. The predicted octanol–water partition coefficient (Wildman–Crippen LogP) is 4.72. The van der Waals surface area contributed by atoms with Crippen molar-refractivity contribution in [3.8, 4) is 0 Å². The van der Waals surface area contributed by atoms with Crippen molar-refractivity contribution in [1.82, 2.24) is 0 Å². The summed E-state index contributed by atoms with van der Waals surface area (Å²) in [5, 5.41) is 0. The first-order valence-electron chi connectivity index (χ1n) is 6.49. The van der Waals surface area contributed by atoms with Gasteiger partial charge in [-0.05, 0) is 0 Å². The van der Waals surface area contributed by atoms with Gasteiger partial charge in [-0.1, -0.05) is 0 Å². The van der Waals surface area contributed by atoms with E-state index in [4.69, 9.17) is 0 Å². The van der Waals surface area contributed by atoms with Crippen molar-refractivity contribution in [2.45, 2.75) is 29.6 Å². The molecule has 0 amide bonds. The molecular formula is C16H27Sn2Zr. The summed E-state index contributed by atoms with van der Waals surface area (Å²) in [5.41, 5.74) is 0. The molecule has 0 nitrogen and oxygen atoms in total. The minimum atomic E-state index is -1.65. The fourth-order valence-electron chi connectivity index (χ4n) is 1.19. The Kier molecular flexibility index (Phi) is 15.2. The van der Waals surface area contributed by atoms with Crippen LogP contribution in [0.25, 0.3) is 0 Å². The van der Waals surface area contributed by atoms with Crippen molar-refractivity contribution in [2.75, 3.05) is 0 Å². The third kappa shape index (κ3) is 15.4. The molecule has 0 aliphatic rings. The van der Waals surface area contributed by atoms with Crippen LogP contribution in [0.3, 0.4) is 0 Å². The summed E-state index contributed by atoms with van der Waals surface area (Å²) < 4.78 is 1.63. The molecule has 0 fully saturated rings. The number of rotatable bonds is 1. The standard InChI is InChI=1S/C5H5.C5H4.6CH3.2Sn.Zr/c2*1-2-4-5-3-1;;;;;;;;;/h1-5H;1-4H;6*1H3;;;/q2*-1;;;;;;;;;+2. The zero-order chi connectivity index (χ0) is 14.0. The third-order valence-corrected chi connectivity index (χ3v) is 7.98. The Morgan fingerprint density at radius 3 is 1.37 bits per heavy atom. The average Bonchev–Trinajstić information content (AvgIpc) is 2.93.